The SMILES string of the molecule is CCOC(=O)C(C)(C)n1cc(NS(=O)(=O)c2ccc3c(c2)C[C@@H](C)N3C(C)=O)cn1. The topological polar surface area (TPSA) is 111 Å². The van der Waals surface area contributed by atoms with Gasteiger partial charge in [-0.05, 0) is 57.9 Å². The highest BCUT2D eigenvalue weighted by atomic mass is 32.2. The van der Waals surface area contributed by atoms with Crippen LogP contribution in [0.25, 0.3) is 0 Å². The minimum absolute atomic E-state index is 0.0215. The Hall–Kier alpha value is -2.88. The number of benzene rings is 1. The van der Waals surface area contributed by atoms with Gasteiger partial charge >= 0.3 is 5.97 Å². The molecule has 10 heteroatoms. The summed E-state index contributed by atoms with van der Waals surface area (Å²) in [4.78, 5) is 25.8. The number of esters is 1. The molecule has 1 aromatic carbocycles. The quantitative estimate of drug-likeness (QED) is 0.699. The van der Waals surface area contributed by atoms with E-state index in [1.807, 2.05) is 6.92 Å². The fourth-order valence-corrected chi connectivity index (χ4v) is 4.63. The lowest BCUT2D eigenvalue weighted by Crippen LogP contribution is -2.37. The third-order valence-corrected chi connectivity index (χ3v) is 6.48. The van der Waals surface area contributed by atoms with Crippen molar-refractivity contribution in [2.45, 2.75) is 57.5 Å². The minimum atomic E-state index is -3.88. The first-order chi connectivity index (χ1) is 14.0. The maximum atomic E-state index is 12.9. The van der Waals surface area contributed by atoms with Crippen molar-refractivity contribution in [1.82, 2.24) is 9.78 Å². The first kappa shape index (κ1) is 21.8. The van der Waals surface area contributed by atoms with Gasteiger partial charge in [-0.15, -0.1) is 0 Å². The lowest BCUT2D eigenvalue weighted by Gasteiger charge is -2.22. The molecule has 162 valence electrons. The summed E-state index contributed by atoms with van der Waals surface area (Å²) < 4.78 is 34.6. The zero-order valence-corrected chi connectivity index (χ0v) is 18.5. The van der Waals surface area contributed by atoms with E-state index in [0.717, 1.165) is 11.3 Å². The second-order valence-corrected chi connectivity index (χ2v) is 9.47. The summed E-state index contributed by atoms with van der Waals surface area (Å²) in [5, 5.41) is 4.11. The number of sulfonamides is 1. The van der Waals surface area contributed by atoms with Gasteiger partial charge in [-0.3, -0.25) is 14.2 Å². The van der Waals surface area contributed by atoms with Crippen LogP contribution in [0.4, 0.5) is 11.4 Å². The molecule has 0 radical (unpaired) electrons. The number of ether oxygens (including phenoxy) is 1. The molecule has 1 atom stereocenters. The van der Waals surface area contributed by atoms with E-state index in [1.165, 1.54) is 30.1 Å². The van der Waals surface area contributed by atoms with E-state index >= 15 is 0 Å². The van der Waals surface area contributed by atoms with Gasteiger partial charge in [0.2, 0.25) is 5.91 Å². The Balaban J connectivity index is 1.84. The summed E-state index contributed by atoms with van der Waals surface area (Å²) in [6.07, 6.45) is 3.37. The molecule has 2 heterocycles. The van der Waals surface area contributed by atoms with Crippen molar-refractivity contribution in [2.75, 3.05) is 16.2 Å². The number of nitrogens with zero attached hydrogens (tertiary/aromatic N) is 3. The number of rotatable bonds is 6. The fourth-order valence-electron chi connectivity index (χ4n) is 3.55. The summed E-state index contributed by atoms with van der Waals surface area (Å²) in [5.41, 5.74) is 0.684. The van der Waals surface area contributed by atoms with Crippen LogP contribution in [-0.4, -0.2) is 42.7 Å². The summed E-state index contributed by atoms with van der Waals surface area (Å²) in [6.45, 7) is 8.64. The highest BCUT2D eigenvalue weighted by Crippen LogP contribution is 2.34. The van der Waals surface area contributed by atoms with Gasteiger partial charge in [-0.25, -0.2) is 13.2 Å². The van der Waals surface area contributed by atoms with Gasteiger partial charge < -0.3 is 9.64 Å². The van der Waals surface area contributed by atoms with Crippen LogP contribution < -0.4 is 9.62 Å². The predicted molar refractivity (Wildman–Crippen MR) is 112 cm³/mol. The van der Waals surface area contributed by atoms with Crippen LogP contribution in [0.2, 0.25) is 0 Å². The average Bonchev–Trinajstić information content (AvgIpc) is 3.24. The van der Waals surface area contributed by atoms with Gasteiger partial charge in [-0.2, -0.15) is 5.10 Å². The van der Waals surface area contributed by atoms with E-state index in [9.17, 15) is 18.0 Å². The Morgan fingerprint density at radius 2 is 2.03 bits per heavy atom. The Morgan fingerprint density at radius 1 is 1.33 bits per heavy atom. The number of anilines is 2. The van der Waals surface area contributed by atoms with Crippen molar-refractivity contribution in [3.63, 3.8) is 0 Å². The van der Waals surface area contributed by atoms with E-state index in [1.54, 1.807) is 37.8 Å². The maximum Gasteiger partial charge on any atom is 0.333 e. The molecule has 0 fully saturated rings. The van der Waals surface area contributed by atoms with Crippen LogP contribution in [0.1, 0.15) is 40.2 Å². The van der Waals surface area contributed by atoms with E-state index < -0.39 is 21.5 Å². The summed E-state index contributed by atoms with van der Waals surface area (Å²) >= 11 is 0. The molecule has 1 aromatic heterocycles. The largest absolute Gasteiger partial charge is 0.464 e. The molecule has 1 amide bonds. The number of amides is 1. The first-order valence-electron chi connectivity index (χ1n) is 9.65. The van der Waals surface area contributed by atoms with Crippen LogP contribution >= 0.6 is 0 Å². The van der Waals surface area contributed by atoms with Crippen LogP contribution in [0.3, 0.4) is 0 Å². The molecule has 0 unspecified atom stereocenters. The Kier molecular flexibility index (Phi) is 5.64. The van der Waals surface area contributed by atoms with Gasteiger partial charge in [0.1, 0.15) is 0 Å². The molecule has 1 N–H and O–H groups in total. The number of carbonyl (C=O) groups is 2. The van der Waals surface area contributed by atoms with Gasteiger partial charge in [0.15, 0.2) is 5.54 Å². The Bertz CT molecular complexity index is 1090. The number of nitrogens with one attached hydrogen (secondary N) is 1. The van der Waals surface area contributed by atoms with Crippen molar-refractivity contribution in [3.8, 4) is 0 Å². The average molecular weight is 435 g/mol. The molecule has 3 rings (SSSR count). The number of fused-ring (bicyclic) bond motifs is 1. The van der Waals surface area contributed by atoms with Gasteiger partial charge in [0, 0.05) is 18.7 Å². The van der Waals surface area contributed by atoms with Crippen LogP contribution in [-0.2, 0) is 36.3 Å². The number of aromatic nitrogens is 2. The van der Waals surface area contributed by atoms with E-state index in [-0.39, 0.29) is 29.1 Å². The zero-order valence-electron chi connectivity index (χ0n) is 17.7. The molecular weight excluding hydrogens is 408 g/mol. The zero-order chi connectivity index (χ0) is 22.3. The summed E-state index contributed by atoms with van der Waals surface area (Å²) in [5.74, 6) is -0.545. The lowest BCUT2D eigenvalue weighted by atomic mass is 10.1. The van der Waals surface area contributed by atoms with Crippen molar-refractivity contribution in [2.24, 2.45) is 0 Å². The summed E-state index contributed by atoms with van der Waals surface area (Å²) in [6, 6.07) is 4.70. The maximum absolute atomic E-state index is 12.9. The van der Waals surface area contributed by atoms with Crippen molar-refractivity contribution >= 4 is 33.3 Å². The molecule has 0 aliphatic carbocycles. The monoisotopic (exact) mass is 434 g/mol. The standard InChI is InChI=1S/C20H26N4O5S/c1-6-29-19(26)20(4,5)23-12-16(11-21-23)22-30(27,28)17-7-8-18-15(10-17)9-13(2)24(18)14(3)25/h7-8,10-13,22H,6,9H2,1-5H3/t13-/m1/s1. The molecule has 9 nitrogen and oxygen atoms in total. The highest BCUT2D eigenvalue weighted by Gasteiger charge is 2.33. The van der Waals surface area contributed by atoms with Crippen molar-refractivity contribution < 1.29 is 22.7 Å². The van der Waals surface area contributed by atoms with E-state index in [0.29, 0.717) is 6.42 Å². The molecule has 0 saturated heterocycles. The third kappa shape index (κ3) is 3.91. The third-order valence-electron chi connectivity index (χ3n) is 5.10. The number of hydrogen-bond donors (Lipinski definition) is 1. The number of carbonyl (C=O) groups excluding carboxylic acids is 2. The lowest BCUT2D eigenvalue weighted by molar-refractivity contribution is -0.152. The Morgan fingerprint density at radius 3 is 2.67 bits per heavy atom. The molecule has 0 spiro atoms. The molecule has 1 aliphatic rings. The predicted octanol–water partition coefficient (Wildman–Crippen LogP) is 2.28. The molecule has 30 heavy (non-hydrogen) atoms. The molecular formula is C20H26N4O5S. The van der Waals surface area contributed by atoms with E-state index in [4.69, 9.17) is 4.74 Å². The van der Waals surface area contributed by atoms with Gasteiger partial charge in [0.05, 0.1) is 29.6 Å². The first-order valence-corrected chi connectivity index (χ1v) is 11.1. The highest BCUT2D eigenvalue weighted by molar-refractivity contribution is 7.92. The molecule has 1 aliphatic heterocycles. The van der Waals surface area contributed by atoms with E-state index in [2.05, 4.69) is 9.82 Å². The second-order valence-electron chi connectivity index (χ2n) is 7.79. The fraction of sp³-hybridized carbons (Fsp3) is 0.450. The molecule has 0 bridgehead atoms. The normalized spacial score (nSPS) is 16.3. The minimum Gasteiger partial charge on any atom is -0.464 e. The molecule has 0 saturated carbocycles. The molecule has 2 aromatic rings. The van der Waals surface area contributed by atoms with Crippen molar-refractivity contribution in [3.05, 3.63) is 36.2 Å². The van der Waals surface area contributed by atoms with Crippen LogP contribution in [0.5, 0.6) is 0 Å². The number of hydrogen-bond acceptors (Lipinski definition) is 6. The Labute approximate surface area is 176 Å². The van der Waals surface area contributed by atoms with Crippen LogP contribution in [0.15, 0.2) is 35.5 Å². The van der Waals surface area contributed by atoms with Crippen LogP contribution in [0, 0.1) is 0 Å². The van der Waals surface area contributed by atoms with Gasteiger partial charge in [0.25, 0.3) is 10.0 Å². The van der Waals surface area contributed by atoms with Gasteiger partial charge in [-0.1, -0.05) is 0 Å². The van der Waals surface area contributed by atoms with Crippen molar-refractivity contribution in [1.29, 1.82) is 0 Å². The summed E-state index contributed by atoms with van der Waals surface area (Å²) in [7, 11) is -3.88. The smallest absolute Gasteiger partial charge is 0.333 e. The second kappa shape index (κ2) is 7.75.